The first-order valence-electron chi connectivity index (χ1n) is 9.14. The van der Waals surface area contributed by atoms with E-state index in [2.05, 4.69) is 25.2 Å². The fourth-order valence-electron chi connectivity index (χ4n) is 3.50. The highest BCUT2D eigenvalue weighted by molar-refractivity contribution is 5.92. The average molecular weight is 363 g/mol. The summed E-state index contributed by atoms with van der Waals surface area (Å²) in [7, 11) is 0. The van der Waals surface area contributed by atoms with Gasteiger partial charge in [-0.2, -0.15) is 0 Å². The molecule has 0 radical (unpaired) electrons. The minimum Gasteiger partial charge on any atom is -0.356 e. The van der Waals surface area contributed by atoms with Crippen molar-refractivity contribution in [3.05, 3.63) is 64.8 Å². The van der Waals surface area contributed by atoms with Crippen LogP contribution >= 0.6 is 0 Å². The van der Waals surface area contributed by atoms with Crippen LogP contribution in [-0.2, 0) is 0 Å². The van der Waals surface area contributed by atoms with Crippen molar-refractivity contribution < 1.29 is 4.79 Å². The third kappa shape index (κ3) is 3.81. The highest BCUT2D eigenvalue weighted by atomic mass is 16.2. The molecule has 7 nitrogen and oxygen atoms in total. The monoisotopic (exact) mass is 363 g/mol. The molecule has 2 N–H and O–H groups in total. The topological polar surface area (TPSA) is 91.0 Å². The number of aromatic amines is 1. The number of benzene rings is 1. The van der Waals surface area contributed by atoms with E-state index in [-0.39, 0.29) is 17.3 Å². The number of anilines is 1. The third-order valence-electron chi connectivity index (χ3n) is 4.87. The van der Waals surface area contributed by atoms with Crippen molar-refractivity contribution in [3.8, 4) is 0 Å². The molecule has 1 saturated heterocycles. The molecule has 3 aromatic rings. The maximum atomic E-state index is 12.5. The third-order valence-corrected chi connectivity index (χ3v) is 4.87. The maximum Gasteiger partial charge on any atom is 0.287 e. The standard InChI is InChI=1S/C20H21N5O2/c26-19-15-7-1-2-8-16(15)23-18(24-19)20(27)22-12-14-6-5-11-25(13-14)17-9-3-4-10-21-17/h1-4,7-10,14H,5-6,11-13H2,(H,22,27)(H,23,24,26)/t14-/m1/s1. The summed E-state index contributed by atoms with van der Waals surface area (Å²) in [6.45, 7) is 2.36. The lowest BCUT2D eigenvalue weighted by molar-refractivity contribution is 0.0935. The van der Waals surface area contributed by atoms with Crippen molar-refractivity contribution in [2.75, 3.05) is 24.5 Å². The molecule has 138 valence electrons. The van der Waals surface area contributed by atoms with E-state index in [4.69, 9.17) is 0 Å². The number of para-hydroxylation sites is 1. The molecular formula is C20H21N5O2. The summed E-state index contributed by atoms with van der Waals surface area (Å²) in [5, 5.41) is 3.39. The number of amides is 1. The molecule has 7 heteroatoms. The van der Waals surface area contributed by atoms with Gasteiger partial charge in [-0.15, -0.1) is 0 Å². The van der Waals surface area contributed by atoms with Crippen LogP contribution in [0.25, 0.3) is 10.9 Å². The molecular weight excluding hydrogens is 342 g/mol. The Hall–Kier alpha value is -3.22. The highest BCUT2D eigenvalue weighted by Crippen LogP contribution is 2.20. The number of carbonyl (C=O) groups is 1. The van der Waals surface area contributed by atoms with Gasteiger partial charge in [0.1, 0.15) is 5.82 Å². The van der Waals surface area contributed by atoms with Crippen molar-refractivity contribution in [1.29, 1.82) is 0 Å². The van der Waals surface area contributed by atoms with Crippen LogP contribution in [0, 0.1) is 5.92 Å². The van der Waals surface area contributed by atoms with Crippen LogP contribution in [0.2, 0.25) is 0 Å². The van der Waals surface area contributed by atoms with E-state index in [9.17, 15) is 9.59 Å². The van der Waals surface area contributed by atoms with Gasteiger partial charge in [-0.25, -0.2) is 9.97 Å². The number of piperidine rings is 1. The van der Waals surface area contributed by atoms with Gasteiger partial charge in [0.25, 0.3) is 11.5 Å². The number of rotatable bonds is 4. The summed E-state index contributed by atoms with van der Waals surface area (Å²) in [6, 6.07) is 12.9. The van der Waals surface area contributed by atoms with E-state index >= 15 is 0 Å². The Labute approximate surface area is 156 Å². The van der Waals surface area contributed by atoms with E-state index in [1.54, 1.807) is 30.5 Å². The van der Waals surface area contributed by atoms with E-state index in [0.717, 1.165) is 31.7 Å². The zero-order chi connectivity index (χ0) is 18.6. The molecule has 4 rings (SSSR count). The summed E-state index contributed by atoms with van der Waals surface area (Å²) in [4.78, 5) is 38.1. The minimum absolute atomic E-state index is 0.0519. The Morgan fingerprint density at radius 1 is 1.22 bits per heavy atom. The summed E-state index contributed by atoms with van der Waals surface area (Å²) in [5.41, 5.74) is 0.218. The molecule has 1 aliphatic heterocycles. The summed E-state index contributed by atoms with van der Waals surface area (Å²) in [5.74, 6) is 0.995. The highest BCUT2D eigenvalue weighted by Gasteiger charge is 2.22. The van der Waals surface area contributed by atoms with Crippen LogP contribution in [0.15, 0.2) is 53.5 Å². The van der Waals surface area contributed by atoms with Crippen molar-refractivity contribution in [1.82, 2.24) is 20.3 Å². The Morgan fingerprint density at radius 2 is 2.07 bits per heavy atom. The van der Waals surface area contributed by atoms with Crippen molar-refractivity contribution in [3.63, 3.8) is 0 Å². The van der Waals surface area contributed by atoms with Crippen LogP contribution in [0.5, 0.6) is 0 Å². The smallest absolute Gasteiger partial charge is 0.287 e. The Balaban J connectivity index is 1.41. The van der Waals surface area contributed by atoms with Crippen molar-refractivity contribution in [2.24, 2.45) is 5.92 Å². The molecule has 0 aliphatic carbocycles. The molecule has 1 aromatic carbocycles. The number of fused-ring (bicyclic) bond motifs is 1. The molecule has 0 spiro atoms. The predicted octanol–water partition coefficient (Wildman–Crippen LogP) is 1.96. The number of hydrogen-bond donors (Lipinski definition) is 2. The first-order chi connectivity index (χ1) is 13.2. The Kier molecular flexibility index (Phi) is 4.82. The van der Waals surface area contributed by atoms with Crippen LogP contribution in [0.1, 0.15) is 23.5 Å². The summed E-state index contributed by atoms with van der Waals surface area (Å²) >= 11 is 0. The maximum absolute atomic E-state index is 12.5. The molecule has 3 heterocycles. The number of hydrogen-bond acceptors (Lipinski definition) is 5. The fourth-order valence-corrected chi connectivity index (χ4v) is 3.50. The molecule has 0 saturated carbocycles. The van der Waals surface area contributed by atoms with Crippen LogP contribution < -0.4 is 15.8 Å². The van der Waals surface area contributed by atoms with Gasteiger partial charge >= 0.3 is 0 Å². The second-order valence-electron chi connectivity index (χ2n) is 6.78. The average Bonchev–Trinajstić information content (AvgIpc) is 2.73. The van der Waals surface area contributed by atoms with E-state index in [1.807, 2.05) is 18.2 Å². The number of carbonyl (C=O) groups excluding carboxylic acids is 1. The van der Waals surface area contributed by atoms with Gasteiger partial charge in [0.05, 0.1) is 10.9 Å². The number of nitrogens with one attached hydrogen (secondary N) is 2. The fraction of sp³-hybridized carbons (Fsp3) is 0.300. The van der Waals surface area contributed by atoms with Crippen LogP contribution in [0.3, 0.4) is 0 Å². The Bertz CT molecular complexity index is 1000. The minimum atomic E-state index is -0.354. The van der Waals surface area contributed by atoms with Gasteiger partial charge in [-0.05, 0) is 43.0 Å². The van der Waals surface area contributed by atoms with Crippen LogP contribution in [-0.4, -0.2) is 40.5 Å². The zero-order valence-corrected chi connectivity index (χ0v) is 14.9. The lowest BCUT2D eigenvalue weighted by atomic mass is 9.98. The number of pyridine rings is 1. The number of H-pyrrole nitrogens is 1. The van der Waals surface area contributed by atoms with E-state index in [1.165, 1.54) is 0 Å². The Morgan fingerprint density at radius 3 is 2.93 bits per heavy atom. The van der Waals surface area contributed by atoms with Gasteiger partial charge in [0.15, 0.2) is 5.82 Å². The molecule has 0 bridgehead atoms. The SMILES string of the molecule is O=C(NC[C@H]1CCCN(c2ccccn2)C1)c1nc2ccccc2c(=O)[nH]1. The lowest BCUT2D eigenvalue weighted by Gasteiger charge is -2.33. The summed E-state index contributed by atoms with van der Waals surface area (Å²) < 4.78 is 0. The quantitative estimate of drug-likeness (QED) is 0.739. The van der Waals surface area contributed by atoms with Gasteiger partial charge in [-0.1, -0.05) is 18.2 Å². The molecule has 2 aromatic heterocycles. The predicted molar refractivity (Wildman–Crippen MR) is 104 cm³/mol. The number of nitrogens with zero attached hydrogens (tertiary/aromatic N) is 3. The second kappa shape index (κ2) is 7.57. The van der Waals surface area contributed by atoms with E-state index in [0.29, 0.717) is 23.4 Å². The lowest BCUT2D eigenvalue weighted by Crippen LogP contribution is -2.41. The first kappa shape index (κ1) is 17.2. The summed E-state index contributed by atoms with van der Waals surface area (Å²) in [6.07, 6.45) is 3.90. The van der Waals surface area contributed by atoms with Crippen molar-refractivity contribution in [2.45, 2.75) is 12.8 Å². The van der Waals surface area contributed by atoms with Crippen LogP contribution in [0.4, 0.5) is 5.82 Å². The molecule has 27 heavy (non-hydrogen) atoms. The largest absolute Gasteiger partial charge is 0.356 e. The zero-order valence-electron chi connectivity index (χ0n) is 14.9. The van der Waals surface area contributed by atoms with Gasteiger partial charge < -0.3 is 15.2 Å². The van der Waals surface area contributed by atoms with Gasteiger partial charge in [-0.3, -0.25) is 9.59 Å². The molecule has 1 aliphatic rings. The first-order valence-corrected chi connectivity index (χ1v) is 9.14. The number of aromatic nitrogens is 3. The second-order valence-corrected chi connectivity index (χ2v) is 6.78. The van der Waals surface area contributed by atoms with Gasteiger partial charge in [0.2, 0.25) is 0 Å². The van der Waals surface area contributed by atoms with E-state index < -0.39 is 0 Å². The van der Waals surface area contributed by atoms with Gasteiger partial charge in [0, 0.05) is 25.8 Å². The molecule has 1 fully saturated rings. The molecule has 0 unspecified atom stereocenters. The van der Waals surface area contributed by atoms with Crippen molar-refractivity contribution >= 4 is 22.6 Å². The molecule has 1 amide bonds. The molecule has 1 atom stereocenters. The normalized spacial score (nSPS) is 17.0.